The predicted molar refractivity (Wildman–Crippen MR) is 43.2 cm³/mol. The number of ketones is 2. The van der Waals surface area contributed by atoms with Gasteiger partial charge in [-0.05, 0) is 0 Å². The first-order chi connectivity index (χ1) is 6.25. The van der Waals surface area contributed by atoms with Crippen molar-refractivity contribution in [2.24, 2.45) is 0 Å². The van der Waals surface area contributed by atoms with Gasteiger partial charge in [-0.15, -0.1) is 6.26 Å². The molecule has 0 spiro atoms. The second-order valence-corrected chi connectivity index (χ2v) is 2.74. The number of allylic oxidation sites excluding steroid dienone is 1. The number of hydrogen-bond donors (Lipinski definition) is 0. The van der Waals surface area contributed by atoms with Crippen LogP contribution in [0.5, 0.6) is 0 Å². The summed E-state index contributed by atoms with van der Waals surface area (Å²) in [5.41, 5.74) is 0.394. The van der Waals surface area contributed by atoms with Crippen LogP contribution in [0.1, 0.15) is 20.7 Å². The van der Waals surface area contributed by atoms with E-state index in [9.17, 15) is 14.7 Å². The van der Waals surface area contributed by atoms with E-state index in [0.29, 0.717) is 17.4 Å². The topological polar surface area (TPSA) is 57.2 Å². The Bertz CT molecular complexity index is 398. The fraction of sp³-hybridized carbons (Fsp3) is 0. The van der Waals surface area contributed by atoms with Crippen LogP contribution in [0, 0.1) is 0 Å². The summed E-state index contributed by atoms with van der Waals surface area (Å²) in [5, 5.41) is 10.4. The molecule has 0 aliphatic heterocycles. The Morgan fingerprint density at radius 1 is 1.00 bits per heavy atom. The summed E-state index contributed by atoms with van der Waals surface area (Å²) in [5.74, 6) is -0.925. The Balaban J connectivity index is 0.000000980. The summed E-state index contributed by atoms with van der Waals surface area (Å²) in [4.78, 5) is 22.7. The Morgan fingerprint density at radius 3 is 1.79 bits per heavy atom. The van der Waals surface area contributed by atoms with Crippen molar-refractivity contribution >= 4 is 11.6 Å². The van der Waals surface area contributed by atoms with E-state index in [1.165, 1.54) is 0 Å². The Labute approximate surface area is 103 Å². The molecule has 0 saturated carbocycles. The molecular weight excluding hydrogens is 191 g/mol. The minimum Gasteiger partial charge on any atom is -0.877 e. The standard InChI is InChI=1S/C10H6O3.Na/c11-5-8-9(12)6-3-1-2-4-7(6)10(8)13;/h1-5,11H;/q;+1/p-1. The van der Waals surface area contributed by atoms with Gasteiger partial charge in [-0.25, -0.2) is 0 Å². The van der Waals surface area contributed by atoms with Gasteiger partial charge in [-0.1, -0.05) is 24.3 Å². The van der Waals surface area contributed by atoms with Crippen LogP contribution >= 0.6 is 0 Å². The molecule has 1 aliphatic rings. The van der Waals surface area contributed by atoms with Gasteiger partial charge >= 0.3 is 29.6 Å². The molecule has 0 aromatic heterocycles. The molecule has 2 rings (SSSR count). The van der Waals surface area contributed by atoms with Crippen molar-refractivity contribution in [3.8, 4) is 0 Å². The molecule has 1 aliphatic carbocycles. The van der Waals surface area contributed by atoms with Gasteiger partial charge in [0.05, 0.1) is 5.57 Å². The molecule has 0 fully saturated rings. The van der Waals surface area contributed by atoms with Crippen LogP contribution in [-0.2, 0) is 0 Å². The van der Waals surface area contributed by atoms with E-state index >= 15 is 0 Å². The van der Waals surface area contributed by atoms with Gasteiger partial charge < -0.3 is 5.11 Å². The fourth-order valence-electron chi connectivity index (χ4n) is 1.38. The van der Waals surface area contributed by atoms with Crippen molar-refractivity contribution in [1.82, 2.24) is 0 Å². The summed E-state index contributed by atoms with van der Waals surface area (Å²) in [7, 11) is 0. The summed E-state index contributed by atoms with van der Waals surface area (Å²) in [6.07, 6.45) is 0.324. The Hall–Kier alpha value is -0.900. The molecule has 0 unspecified atom stereocenters. The number of rotatable bonds is 0. The Kier molecular flexibility index (Phi) is 3.26. The maximum atomic E-state index is 11.3. The van der Waals surface area contributed by atoms with E-state index < -0.39 is 11.6 Å². The minimum absolute atomic E-state index is 0. The number of Topliss-reactive ketones (excluding diaryl/α,β-unsaturated/α-hetero) is 2. The normalized spacial score (nSPS) is 13.6. The zero-order valence-corrected chi connectivity index (χ0v) is 9.61. The van der Waals surface area contributed by atoms with Crippen LogP contribution in [0.3, 0.4) is 0 Å². The van der Waals surface area contributed by atoms with Crippen LogP contribution in [0.25, 0.3) is 0 Å². The molecule has 0 atom stereocenters. The van der Waals surface area contributed by atoms with E-state index in [1.54, 1.807) is 24.3 Å². The van der Waals surface area contributed by atoms with Crippen molar-refractivity contribution in [2.75, 3.05) is 0 Å². The average molecular weight is 196 g/mol. The van der Waals surface area contributed by atoms with Crippen LogP contribution in [0.15, 0.2) is 36.1 Å². The summed E-state index contributed by atoms with van der Waals surface area (Å²) in [6, 6.07) is 6.42. The first-order valence-electron chi connectivity index (χ1n) is 3.76. The second kappa shape index (κ2) is 4.09. The second-order valence-electron chi connectivity index (χ2n) is 2.74. The number of fused-ring (bicyclic) bond motifs is 1. The molecule has 0 radical (unpaired) electrons. The van der Waals surface area contributed by atoms with Gasteiger partial charge in [0, 0.05) is 11.1 Å². The zero-order chi connectivity index (χ0) is 9.42. The van der Waals surface area contributed by atoms with Crippen LogP contribution in [-0.4, -0.2) is 11.6 Å². The number of carbonyl (C=O) groups is 2. The smallest absolute Gasteiger partial charge is 0.877 e. The van der Waals surface area contributed by atoms with E-state index in [1.807, 2.05) is 0 Å². The fourth-order valence-corrected chi connectivity index (χ4v) is 1.38. The molecule has 1 aromatic carbocycles. The molecule has 0 heterocycles. The van der Waals surface area contributed by atoms with Crippen LogP contribution < -0.4 is 34.7 Å². The molecule has 0 saturated heterocycles. The van der Waals surface area contributed by atoms with Gasteiger partial charge in [0.2, 0.25) is 0 Å². The maximum absolute atomic E-state index is 11.3. The molecule has 64 valence electrons. The van der Waals surface area contributed by atoms with Gasteiger partial charge in [-0.3, -0.25) is 9.59 Å². The molecule has 4 heteroatoms. The SMILES string of the molecule is O=C1C(=C[O-])C(=O)c2ccccc21.[Na+]. The van der Waals surface area contributed by atoms with Gasteiger partial charge in [0.15, 0.2) is 11.6 Å². The summed E-state index contributed by atoms with van der Waals surface area (Å²) >= 11 is 0. The van der Waals surface area contributed by atoms with Crippen LogP contribution in [0.4, 0.5) is 0 Å². The molecule has 0 amide bonds. The van der Waals surface area contributed by atoms with Crippen molar-refractivity contribution in [1.29, 1.82) is 0 Å². The van der Waals surface area contributed by atoms with Crippen molar-refractivity contribution in [3.63, 3.8) is 0 Å². The van der Waals surface area contributed by atoms with Gasteiger partial charge in [0.1, 0.15) is 0 Å². The third-order valence-electron chi connectivity index (χ3n) is 2.02. The Morgan fingerprint density at radius 2 is 1.43 bits per heavy atom. The molecule has 1 aromatic rings. The minimum atomic E-state index is -0.462. The van der Waals surface area contributed by atoms with Crippen molar-refractivity contribution in [3.05, 3.63) is 47.2 Å². The first kappa shape index (κ1) is 11.2. The largest absolute Gasteiger partial charge is 1.00 e. The number of carbonyl (C=O) groups excluding carboxylic acids is 2. The third-order valence-corrected chi connectivity index (χ3v) is 2.02. The number of hydrogen-bond acceptors (Lipinski definition) is 3. The van der Waals surface area contributed by atoms with Crippen molar-refractivity contribution in [2.45, 2.75) is 0 Å². The molecular formula is C10H5NaO3. The molecule has 0 bridgehead atoms. The molecule has 0 N–H and O–H groups in total. The van der Waals surface area contributed by atoms with E-state index in [2.05, 4.69) is 0 Å². The van der Waals surface area contributed by atoms with E-state index in [4.69, 9.17) is 0 Å². The quantitative estimate of drug-likeness (QED) is 0.196. The van der Waals surface area contributed by atoms with Gasteiger partial charge in [-0.2, -0.15) is 0 Å². The summed E-state index contributed by atoms with van der Waals surface area (Å²) in [6.45, 7) is 0. The third kappa shape index (κ3) is 1.43. The molecule has 3 nitrogen and oxygen atoms in total. The summed E-state index contributed by atoms with van der Waals surface area (Å²) < 4.78 is 0. The van der Waals surface area contributed by atoms with Crippen molar-refractivity contribution < 1.29 is 44.3 Å². The maximum Gasteiger partial charge on any atom is 1.00 e. The van der Waals surface area contributed by atoms with E-state index in [-0.39, 0.29) is 35.1 Å². The monoisotopic (exact) mass is 196 g/mol. The van der Waals surface area contributed by atoms with E-state index in [0.717, 1.165) is 0 Å². The predicted octanol–water partition coefficient (Wildman–Crippen LogP) is -2.69. The molecule has 14 heavy (non-hydrogen) atoms. The first-order valence-corrected chi connectivity index (χ1v) is 3.76. The average Bonchev–Trinajstić information content (AvgIpc) is 2.41. The van der Waals surface area contributed by atoms with Gasteiger partial charge in [0.25, 0.3) is 0 Å². The number of benzene rings is 1. The zero-order valence-electron chi connectivity index (χ0n) is 7.61. The van der Waals surface area contributed by atoms with Crippen LogP contribution in [0.2, 0.25) is 0 Å².